The number of carbonyl (C=O) groups is 1. The van der Waals surface area contributed by atoms with E-state index in [0.29, 0.717) is 28.2 Å². The highest BCUT2D eigenvalue weighted by atomic mass is 19.1. The van der Waals surface area contributed by atoms with E-state index in [1.165, 1.54) is 26.4 Å². The molecule has 0 aliphatic carbocycles. The fraction of sp³-hybridized carbons (Fsp3) is 0.0952. The summed E-state index contributed by atoms with van der Waals surface area (Å²) in [6, 6.07) is 17.2. The Morgan fingerprint density at radius 2 is 1.50 bits per heavy atom. The molecule has 3 rings (SSSR count). The minimum atomic E-state index is -0.631. The van der Waals surface area contributed by atoms with Crippen molar-refractivity contribution in [1.29, 1.82) is 0 Å². The van der Waals surface area contributed by atoms with Crippen molar-refractivity contribution in [2.24, 2.45) is 5.73 Å². The van der Waals surface area contributed by atoms with Crippen LogP contribution in [-0.4, -0.2) is 20.1 Å². The van der Waals surface area contributed by atoms with Gasteiger partial charge in [-0.3, -0.25) is 4.79 Å². The Hall–Kier alpha value is -3.34. The molecule has 2 N–H and O–H groups in total. The number of methoxy groups -OCH3 is 2. The minimum Gasteiger partial charge on any atom is -0.493 e. The number of ether oxygens (including phenoxy) is 2. The highest BCUT2D eigenvalue weighted by molar-refractivity contribution is 6.01. The largest absolute Gasteiger partial charge is 0.493 e. The molecule has 0 saturated heterocycles. The third kappa shape index (κ3) is 3.24. The van der Waals surface area contributed by atoms with E-state index in [-0.39, 0.29) is 11.4 Å². The smallest absolute Gasteiger partial charge is 0.249 e. The molecule has 0 bridgehead atoms. The highest BCUT2D eigenvalue weighted by Gasteiger charge is 2.17. The molecule has 3 aromatic rings. The molecular formula is C21H18FNO3. The van der Waals surface area contributed by atoms with Crippen LogP contribution in [0.3, 0.4) is 0 Å². The Kier molecular flexibility index (Phi) is 4.89. The molecule has 4 nitrogen and oxygen atoms in total. The van der Waals surface area contributed by atoms with E-state index in [1.54, 1.807) is 18.2 Å². The Morgan fingerprint density at radius 3 is 2.08 bits per heavy atom. The molecule has 0 heterocycles. The predicted octanol–water partition coefficient (Wildman–Crippen LogP) is 4.28. The van der Waals surface area contributed by atoms with Crippen molar-refractivity contribution < 1.29 is 18.7 Å². The van der Waals surface area contributed by atoms with Crippen molar-refractivity contribution in [3.63, 3.8) is 0 Å². The second kappa shape index (κ2) is 7.27. The molecule has 0 saturated carbocycles. The summed E-state index contributed by atoms with van der Waals surface area (Å²) in [6.45, 7) is 0. The Morgan fingerprint density at radius 1 is 0.846 bits per heavy atom. The van der Waals surface area contributed by atoms with Crippen LogP contribution in [0.2, 0.25) is 0 Å². The molecule has 0 aromatic heterocycles. The van der Waals surface area contributed by atoms with Gasteiger partial charge < -0.3 is 15.2 Å². The van der Waals surface area contributed by atoms with Crippen LogP contribution in [0.4, 0.5) is 4.39 Å². The lowest BCUT2D eigenvalue weighted by Crippen LogP contribution is -2.13. The molecule has 132 valence electrons. The molecule has 0 atom stereocenters. The number of halogens is 1. The molecular weight excluding hydrogens is 333 g/mol. The van der Waals surface area contributed by atoms with Gasteiger partial charge in [-0.25, -0.2) is 4.39 Å². The van der Waals surface area contributed by atoms with Gasteiger partial charge in [0.1, 0.15) is 5.82 Å². The van der Waals surface area contributed by atoms with Crippen molar-refractivity contribution in [3.05, 3.63) is 72.0 Å². The van der Waals surface area contributed by atoms with Crippen molar-refractivity contribution in [3.8, 4) is 33.8 Å². The monoisotopic (exact) mass is 351 g/mol. The summed E-state index contributed by atoms with van der Waals surface area (Å²) in [5.41, 5.74) is 7.99. The van der Waals surface area contributed by atoms with Gasteiger partial charge in [-0.1, -0.05) is 42.5 Å². The lowest BCUT2D eigenvalue weighted by Gasteiger charge is -2.14. The number of carbonyl (C=O) groups excluding carboxylic acids is 1. The molecule has 0 unspecified atom stereocenters. The molecule has 5 heteroatoms. The maximum absolute atomic E-state index is 14.7. The van der Waals surface area contributed by atoms with Gasteiger partial charge in [0.05, 0.1) is 19.8 Å². The first-order valence-electron chi connectivity index (χ1n) is 7.96. The van der Waals surface area contributed by atoms with Gasteiger partial charge in [0.25, 0.3) is 0 Å². The van der Waals surface area contributed by atoms with E-state index >= 15 is 0 Å². The van der Waals surface area contributed by atoms with Gasteiger partial charge in [-0.2, -0.15) is 0 Å². The fourth-order valence-corrected chi connectivity index (χ4v) is 2.86. The van der Waals surface area contributed by atoms with Crippen molar-refractivity contribution in [2.75, 3.05) is 14.2 Å². The first kappa shape index (κ1) is 17.5. The zero-order chi connectivity index (χ0) is 18.7. The zero-order valence-corrected chi connectivity index (χ0v) is 14.5. The van der Waals surface area contributed by atoms with Crippen LogP contribution in [0, 0.1) is 5.82 Å². The van der Waals surface area contributed by atoms with Gasteiger partial charge >= 0.3 is 0 Å². The van der Waals surface area contributed by atoms with Crippen LogP contribution in [-0.2, 0) is 0 Å². The standard InChI is InChI=1S/C21H18FNO3/c1-25-19-11-16(17(21(23)24)12-20(19)26-2)14-8-9-15(18(22)10-14)13-6-4-3-5-7-13/h3-12H,1-2H3,(H2,23,24). The molecule has 0 aliphatic heterocycles. The lowest BCUT2D eigenvalue weighted by atomic mass is 9.95. The third-order valence-corrected chi connectivity index (χ3v) is 4.15. The third-order valence-electron chi connectivity index (χ3n) is 4.15. The highest BCUT2D eigenvalue weighted by Crippen LogP contribution is 2.37. The van der Waals surface area contributed by atoms with Crippen molar-refractivity contribution in [1.82, 2.24) is 0 Å². The number of primary amides is 1. The predicted molar refractivity (Wildman–Crippen MR) is 98.9 cm³/mol. The lowest BCUT2D eigenvalue weighted by molar-refractivity contribution is 0.100. The second-order valence-electron chi connectivity index (χ2n) is 5.68. The second-order valence-corrected chi connectivity index (χ2v) is 5.68. The van der Waals surface area contributed by atoms with Crippen LogP contribution in [0.5, 0.6) is 11.5 Å². The van der Waals surface area contributed by atoms with Crippen LogP contribution in [0.1, 0.15) is 10.4 Å². The zero-order valence-electron chi connectivity index (χ0n) is 14.5. The molecule has 1 amide bonds. The number of benzene rings is 3. The molecule has 0 spiro atoms. The van der Waals surface area contributed by atoms with Crippen LogP contribution >= 0.6 is 0 Å². The van der Waals surface area contributed by atoms with E-state index < -0.39 is 5.91 Å². The summed E-state index contributed by atoms with van der Waals surface area (Å²) < 4.78 is 25.2. The maximum atomic E-state index is 14.7. The fourth-order valence-electron chi connectivity index (χ4n) is 2.86. The van der Waals surface area contributed by atoms with Crippen molar-refractivity contribution >= 4 is 5.91 Å². The van der Waals surface area contributed by atoms with Crippen molar-refractivity contribution in [2.45, 2.75) is 0 Å². The molecule has 0 aliphatic rings. The molecule has 26 heavy (non-hydrogen) atoms. The quantitative estimate of drug-likeness (QED) is 0.746. The van der Waals surface area contributed by atoms with E-state index in [2.05, 4.69) is 0 Å². The van der Waals surface area contributed by atoms with E-state index in [9.17, 15) is 9.18 Å². The van der Waals surface area contributed by atoms with Gasteiger partial charge in [0.15, 0.2) is 11.5 Å². The topological polar surface area (TPSA) is 61.5 Å². The molecule has 3 aromatic carbocycles. The Balaban J connectivity index is 2.14. The number of hydrogen-bond donors (Lipinski definition) is 1. The van der Waals surface area contributed by atoms with E-state index in [0.717, 1.165) is 5.56 Å². The van der Waals surface area contributed by atoms with E-state index in [1.807, 2.05) is 30.3 Å². The summed E-state index contributed by atoms with van der Waals surface area (Å²) in [5.74, 6) is -0.209. The van der Waals surface area contributed by atoms with Crippen LogP contribution in [0.15, 0.2) is 60.7 Å². The SMILES string of the molecule is COc1cc(C(N)=O)c(-c2ccc(-c3ccccc3)c(F)c2)cc1OC. The number of nitrogens with two attached hydrogens (primary N) is 1. The summed E-state index contributed by atoms with van der Waals surface area (Å²) in [5, 5.41) is 0. The first-order chi connectivity index (χ1) is 12.5. The summed E-state index contributed by atoms with van der Waals surface area (Å²) >= 11 is 0. The van der Waals surface area contributed by atoms with Gasteiger partial charge in [-0.05, 0) is 34.9 Å². The number of rotatable bonds is 5. The van der Waals surface area contributed by atoms with Gasteiger partial charge in [0, 0.05) is 5.56 Å². The molecule has 0 radical (unpaired) electrons. The van der Waals surface area contributed by atoms with E-state index in [4.69, 9.17) is 15.2 Å². The van der Waals surface area contributed by atoms with Gasteiger partial charge in [0.2, 0.25) is 5.91 Å². The van der Waals surface area contributed by atoms with Crippen LogP contribution < -0.4 is 15.2 Å². The normalized spacial score (nSPS) is 10.4. The summed E-state index contributed by atoms with van der Waals surface area (Å²) in [6.07, 6.45) is 0. The maximum Gasteiger partial charge on any atom is 0.249 e. The number of hydrogen-bond acceptors (Lipinski definition) is 3. The summed E-state index contributed by atoms with van der Waals surface area (Å²) in [4.78, 5) is 11.9. The Labute approximate surface area is 151 Å². The first-order valence-corrected chi connectivity index (χ1v) is 7.96. The average molecular weight is 351 g/mol. The summed E-state index contributed by atoms with van der Waals surface area (Å²) in [7, 11) is 2.96. The number of amides is 1. The molecule has 0 fully saturated rings. The minimum absolute atomic E-state index is 0.231. The Bertz CT molecular complexity index is 955. The average Bonchev–Trinajstić information content (AvgIpc) is 2.67. The van der Waals surface area contributed by atoms with Crippen LogP contribution in [0.25, 0.3) is 22.3 Å². The van der Waals surface area contributed by atoms with Gasteiger partial charge in [-0.15, -0.1) is 0 Å².